The molecule has 1 aromatic rings. The van der Waals surface area contributed by atoms with Crippen molar-refractivity contribution >= 4 is 44.9 Å². The number of carboxylic acids is 1. The van der Waals surface area contributed by atoms with E-state index in [9.17, 15) is 13.2 Å². The van der Waals surface area contributed by atoms with Crippen LogP contribution in [-0.2, 0) is 14.8 Å². The molecule has 0 bridgehead atoms. The Morgan fingerprint density at radius 2 is 1.95 bits per heavy atom. The Morgan fingerprint density at radius 1 is 1.35 bits per heavy atom. The summed E-state index contributed by atoms with van der Waals surface area (Å²) in [4.78, 5) is 11.1. The van der Waals surface area contributed by atoms with E-state index in [1.807, 2.05) is 0 Å². The molecule has 0 saturated heterocycles. The Hall–Kier alpha value is -1.02. The number of rotatable bonds is 7. The molecule has 112 valence electrons. The van der Waals surface area contributed by atoms with Gasteiger partial charge < -0.3 is 9.84 Å². The number of hydrogen-bond acceptors (Lipinski definition) is 4. The second kappa shape index (κ2) is 7.12. The maximum Gasteiger partial charge on any atom is 0.339 e. The molecular weight excluding hydrogens is 329 g/mol. The summed E-state index contributed by atoms with van der Waals surface area (Å²) in [6.45, 7) is 2.11. The summed E-state index contributed by atoms with van der Waals surface area (Å²) in [6, 6.07) is 2.60. The fourth-order valence-corrected chi connectivity index (χ4v) is 2.84. The molecule has 0 aliphatic heterocycles. The normalized spacial score (nSPS) is 11.3. The molecule has 20 heavy (non-hydrogen) atoms. The zero-order valence-electron chi connectivity index (χ0n) is 10.5. The van der Waals surface area contributed by atoms with Crippen molar-refractivity contribution in [3.63, 3.8) is 0 Å². The van der Waals surface area contributed by atoms with Gasteiger partial charge in [-0.05, 0) is 19.1 Å². The van der Waals surface area contributed by atoms with E-state index in [1.54, 1.807) is 6.92 Å². The Morgan fingerprint density at radius 3 is 2.50 bits per heavy atom. The largest absolute Gasteiger partial charge is 0.478 e. The first-order valence-electron chi connectivity index (χ1n) is 5.58. The molecule has 0 saturated carbocycles. The van der Waals surface area contributed by atoms with Crippen molar-refractivity contribution in [2.75, 3.05) is 23.7 Å². The number of aromatic carboxylic acids is 1. The second-order valence-corrected chi connectivity index (χ2v) is 6.36. The molecule has 0 aromatic heterocycles. The van der Waals surface area contributed by atoms with Gasteiger partial charge in [0.15, 0.2) is 0 Å². The molecule has 0 atom stereocenters. The Bertz CT molecular complexity index is 603. The summed E-state index contributed by atoms with van der Waals surface area (Å²) in [7, 11) is -3.78. The highest BCUT2D eigenvalue weighted by Crippen LogP contribution is 2.32. The van der Waals surface area contributed by atoms with Crippen LogP contribution in [0.4, 0.5) is 5.69 Å². The predicted octanol–water partition coefficient (Wildman–Crippen LogP) is 2.47. The predicted molar refractivity (Wildman–Crippen MR) is 77.3 cm³/mol. The van der Waals surface area contributed by atoms with Crippen LogP contribution in [0.1, 0.15) is 17.3 Å². The van der Waals surface area contributed by atoms with Crippen LogP contribution in [0.5, 0.6) is 0 Å². The van der Waals surface area contributed by atoms with E-state index in [4.69, 9.17) is 33.0 Å². The Labute approximate surface area is 126 Å². The zero-order valence-corrected chi connectivity index (χ0v) is 12.8. The molecule has 0 aliphatic rings. The highest BCUT2D eigenvalue weighted by atomic mass is 35.5. The molecule has 0 spiro atoms. The van der Waals surface area contributed by atoms with Crippen LogP contribution in [0.2, 0.25) is 10.0 Å². The lowest BCUT2D eigenvalue weighted by Gasteiger charge is -2.13. The Kier molecular flexibility index (Phi) is 6.07. The van der Waals surface area contributed by atoms with Crippen LogP contribution >= 0.6 is 23.2 Å². The third kappa shape index (κ3) is 4.52. The molecule has 9 heteroatoms. The lowest BCUT2D eigenvalue weighted by atomic mass is 10.2. The van der Waals surface area contributed by atoms with Crippen molar-refractivity contribution in [3.8, 4) is 0 Å². The fraction of sp³-hybridized carbons (Fsp3) is 0.364. The van der Waals surface area contributed by atoms with Crippen LogP contribution in [0.3, 0.4) is 0 Å². The number of anilines is 1. The third-order valence-corrected chi connectivity index (χ3v) is 4.12. The molecule has 0 fully saturated rings. The summed E-state index contributed by atoms with van der Waals surface area (Å²) >= 11 is 11.6. The quantitative estimate of drug-likeness (QED) is 0.743. The van der Waals surface area contributed by atoms with Gasteiger partial charge >= 0.3 is 5.97 Å². The number of carbonyl (C=O) groups is 1. The van der Waals surface area contributed by atoms with E-state index in [0.29, 0.717) is 6.61 Å². The lowest BCUT2D eigenvalue weighted by Crippen LogP contribution is -2.22. The van der Waals surface area contributed by atoms with Gasteiger partial charge in [0.1, 0.15) is 5.56 Å². The molecule has 0 amide bonds. The maximum absolute atomic E-state index is 11.8. The van der Waals surface area contributed by atoms with Crippen molar-refractivity contribution in [2.45, 2.75) is 6.92 Å². The summed E-state index contributed by atoms with van der Waals surface area (Å²) in [5, 5.41) is 8.92. The van der Waals surface area contributed by atoms with Crippen LogP contribution in [-0.4, -0.2) is 38.5 Å². The van der Waals surface area contributed by atoms with E-state index in [0.717, 1.165) is 0 Å². The van der Waals surface area contributed by atoms with Gasteiger partial charge in [-0.1, -0.05) is 23.2 Å². The summed E-state index contributed by atoms with van der Waals surface area (Å²) in [5.41, 5.74) is -0.637. The molecule has 6 nitrogen and oxygen atoms in total. The lowest BCUT2D eigenvalue weighted by molar-refractivity contribution is 0.0698. The molecule has 0 heterocycles. The van der Waals surface area contributed by atoms with Gasteiger partial charge in [0.05, 0.1) is 28.1 Å². The fourth-order valence-electron chi connectivity index (χ4n) is 1.38. The number of sulfonamides is 1. The molecule has 1 rings (SSSR count). The summed E-state index contributed by atoms with van der Waals surface area (Å²) in [5.74, 6) is -1.69. The smallest absolute Gasteiger partial charge is 0.339 e. The van der Waals surface area contributed by atoms with E-state index >= 15 is 0 Å². The summed E-state index contributed by atoms with van der Waals surface area (Å²) in [6.07, 6.45) is 0. The second-order valence-electron chi connectivity index (χ2n) is 3.70. The first kappa shape index (κ1) is 17.0. The van der Waals surface area contributed by atoms with Gasteiger partial charge in [0, 0.05) is 6.61 Å². The summed E-state index contributed by atoms with van der Waals surface area (Å²) < 4.78 is 30.7. The highest BCUT2D eigenvalue weighted by molar-refractivity contribution is 7.92. The zero-order chi connectivity index (χ0) is 15.3. The van der Waals surface area contributed by atoms with Gasteiger partial charge in [-0.2, -0.15) is 0 Å². The van der Waals surface area contributed by atoms with E-state index in [1.165, 1.54) is 12.1 Å². The van der Waals surface area contributed by atoms with E-state index < -0.39 is 16.0 Å². The molecule has 0 radical (unpaired) electrons. The average Bonchev–Trinajstić information content (AvgIpc) is 2.33. The standard InChI is InChI=1S/C11H13Cl2NO5S/c1-2-19-5-6-20(17,18)14-10-8(13)4-3-7(12)9(10)11(15)16/h3-4,14H,2,5-6H2,1H3,(H,15,16). The highest BCUT2D eigenvalue weighted by Gasteiger charge is 2.22. The van der Waals surface area contributed by atoms with Crippen molar-refractivity contribution in [3.05, 3.63) is 27.7 Å². The first-order valence-corrected chi connectivity index (χ1v) is 7.99. The molecule has 0 aliphatic carbocycles. The minimum Gasteiger partial charge on any atom is -0.478 e. The van der Waals surface area contributed by atoms with Gasteiger partial charge in [0.25, 0.3) is 0 Å². The number of nitrogens with one attached hydrogen (secondary N) is 1. The van der Waals surface area contributed by atoms with E-state index in [-0.39, 0.29) is 33.7 Å². The SMILES string of the molecule is CCOCCS(=O)(=O)Nc1c(Cl)ccc(Cl)c1C(=O)O. The van der Waals surface area contributed by atoms with Gasteiger partial charge in [-0.25, -0.2) is 13.2 Å². The monoisotopic (exact) mass is 341 g/mol. The van der Waals surface area contributed by atoms with Crippen molar-refractivity contribution in [1.82, 2.24) is 0 Å². The maximum atomic E-state index is 11.8. The Balaban J connectivity index is 3.08. The number of benzene rings is 1. The van der Waals surface area contributed by atoms with Gasteiger partial charge in [-0.15, -0.1) is 0 Å². The molecular formula is C11H13Cl2NO5S. The third-order valence-electron chi connectivity index (χ3n) is 2.28. The van der Waals surface area contributed by atoms with Gasteiger partial charge in [0.2, 0.25) is 10.0 Å². The minimum absolute atomic E-state index is 0.00752. The van der Waals surface area contributed by atoms with Crippen LogP contribution in [0.15, 0.2) is 12.1 Å². The van der Waals surface area contributed by atoms with Crippen LogP contribution in [0, 0.1) is 0 Å². The van der Waals surface area contributed by atoms with Crippen molar-refractivity contribution in [2.24, 2.45) is 0 Å². The molecule has 2 N–H and O–H groups in total. The van der Waals surface area contributed by atoms with Gasteiger partial charge in [-0.3, -0.25) is 4.72 Å². The number of carboxylic acid groups (broad SMARTS) is 1. The number of ether oxygens (including phenoxy) is 1. The van der Waals surface area contributed by atoms with Crippen molar-refractivity contribution < 1.29 is 23.1 Å². The number of hydrogen-bond donors (Lipinski definition) is 2. The molecule has 0 unspecified atom stereocenters. The molecule has 1 aromatic carbocycles. The number of halogens is 2. The van der Waals surface area contributed by atoms with Crippen LogP contribution in [0.25, 0.3) is 0 Å². The van der Waals surface area contributed by atoms with E-state index in [2.05, 4.69) is 4.72 Å². The first-order chi connectivity index (χ1) is 9.28. The minimum atomic E-state index is -3.78. The average molecular weight is 342 g/mol. The topological polar surface area (TPSA) is 92.7 Å². The van der Waals surface area contributed by atoms with Crippen molar-refractivity contribution in [1.29, 1.82) is 0 Å². The van der Waals surface area contributed by atoms with Crippen LogP contribution < -0.4 is 4.72 Å².